The van der Waals surface area contributed by atoms with Crippen LogP contribution in [0, 0.1) is 5.92 Å². The largest absolute Gasteiger partial charge is 0.393 e. The van der Waals surface area contributed by atoms with Gasteiger partial charge in [0.05, 0.1) is 21.1 Å². The van der Waals surface area contributed by atoms with Crippen molar-refractivity contribution >= 4 is 44.7 Å². The highest BCUT2D eigenvalue weighted by Gasteiger charge is 2.22. The molecule has 2 rings (SSSR count). The lowest BCUT2D eigenvalue weighted by Crippen LogP contribution is -2.34. The van der Waals surface area contributed by atoms with E-state index in [-0.39, 0.29) is 10.9 Å². The zero-order chi connectivity index (χ0) is 15.2. The highest BCUT2D eigenvalue weighted by Crippen LogP contribution is 2.21. The third-order valence-electron chi connectivity index (χ3n) is 2.97. The van der Waals surface area contributed by atoms with Gasteiger partial charge in [0.25, 0.3) is 0 Å². The topological polar surface area (TPSA) is 68.0 Å². The minimum Gasteiger partial charge on any atom is -0.393 e. The first-order chi connectivity index (χ1) is 10.1. The average Bonchev–Trinajstić information content (AvgIpc) is 2.48. The van der Waals surface area contributed by atoms with Crippen LogP contribution in [0.3, 0.4) is 0 Å². The van der Waals surface area contributed by atoms with E-state index in [0.29, 0.717) is 16.6 Å². The molecule has 0 saturated heterocycles. The summed E-state index contributed by atoms with van der Waals surface area (Å²) in [5.41, 5.74) is 7.38. The van der Waals surface area contributed by atoms with E-state index in [9.17, 15) is 4.79 Å². The van der Waals surface area contributed by atoms with Crippen molar-refractivity contribution in [2.24, 2.45) is 11.7 Å². The fourth-order valence-electron chi connectivity index (χ4n) is 1.87. The van der Waals surface area contributed by atoms with Gasteiger partial charge in [-0.25, -0.2) is 0 Å². The molecule has 6 heteroatoms. The van der Waals surface area contributed by atoms with Gasteiger partial charge in [0.1, 0.15) is 0 Å². The molecule has 0 fully saturated rings. The summed E-state index contributed by atoms with van der Waals surface area (Å²) in [4.78, 5) is 16.5. The minimum atomic E-state index is -0.553. The number of benzene rings is 1. The van der Waals surface area contributed by atoms with Gasteiger partial charge in [-0.05, 0) is 34.0 Å². The number of nitrogens with two attached hydrogens (primary N) is 1. The molecule has 3 N–H and O–H groups in total. The van der Waals surface area contributed by atoms with Crippen molar-refractivity contribution in [2.75, 3.05) is 5.32 Å². The van der Waals surface area contributed by atoms with E-state index in [1.165, 1.54) is 0 Å². The molecule has 0 bridgehead atoms. The monoisotopic (exact) mass is 363 g/mol. The van der Waals surface area contributed by atoms with Gasteiger partial charge < -0.3 is 11.1 Å². The number of carbonyl (C=O) groups excluding carboxylic acids is 1. The Balaban J connectivity index is 2.13. The van der Waals surface area contributed by atoms with Crippen LogP contribution in [0.2, 0.25) is 0 Å². The number of amides is 1. The number of carbonyl (C=O) groups is 1. The molecule has 1 aromatic heterocycles. The lowest BCUT2D eigenvalue weighted by Gasteiger charge is -2.16. The van der Waals surface area contributed by atoms with E-state index in [0.717, 1.165) is 5.56 Å². The maximum atomic E-state index is 12.4. The maximum Gasteiger partial charge on any atom is 0.234 e. The molecule has 0 saturated carbocycles. The fraction of sp³-hybridized carbons (Fsp3) is 0.133. The molecule has 0 aliphatic rings. The quantitative estimate of drug-likeness (QED) is 0.801. The van der Waals surface area contributed by atoms with E-state index < -0.39 is 5.92 Å². The van der Waals surface area contributed by atoms with Crippen LogP contribution in [0.4, 0.5) is 5.69 Å². The Bertz CT molecular complexity index is 648. The second-order valence-corrected chi connectivity index (χ2v) is 5.82. The van der Waals surface area contributed by atoms with Crippen LogP contribution >= 0.6 is 28.1 Å². The SMILES string of the molecule is NC(=S)C(Cc1ccccc1)C(=O)Nc1ccncc1Br. The van der Waals surface area contributed by atoms with Crippen LogP contribution in [-0.4, -0.2) is 15.9 Å². The first kappa shape index (κ1) is 15.6. The molecule has 1 aromatic carbocycles. The van der Waals surface area contributed by atoms with Gasteiger partial charge in [0, 0.05) is 12.4 Å². The van der Waals surface area contributed by atoms with Crippen LogP contribution in [0.25, 0.3) is 0 Å². The second kappa shape index (κ2) is 7.28. The molecule has 0 radical (unpaired) electrons. The Labute approximate surface area is 136 Å². The van der Waals surface area contributed by atoms with Gasteiger partial charge in [0.15, 0.2) is 0 Å². The second-order valence-electron chi connectivity index (χ2n) is 4.49. The third-order valence-corrected chi connectivity index (χ3v) is 3.89. The number of halogens is 1. The summed E-state index contributed by atoms with van der Waals surface area (Å²) in [6.07, 6.45) is 3.70. The molecular weight excluding hydrogens is 350 g/mol. The molecule has 1 heterocycles. The summed E-state index contributed by atoms with van der Waals surface area (Å²) in [7, 11) is 0. The van der Waals surface area contributed by atoms with Gasteiger partial charge in [-0.2, -0.15) is 0 Å². The molecule has 4 nitrogen and oxygen atoms in total. The van der Waals surface area contributed by atoms with E-state index in [4.69, 9.17) is 18.0 Å². The average molecular weight is 364 g/mol. The van der Waals surface area contributed by atoms with Gasteiger partial charge in [-0.3, -0.25) is 9.78 Å². The highest BCUT2D eigenvalue weighted by atomic mass is 79.9. The number of hydrogen-bond acceptors (Lipinski definition) is 3. The number of aromatic nitrogens is 1. The highest BCUT2D eigenvalue weighted by molar-refractivity contribution is 9.10. The Hall–Kier alpha value is -1.79. The molecule has 21 heavy (non-hydrogen) atoms. The Morgan fingerprint density at radius 3 is 2.67 bits per heavy atom. The van der Waals surface area contributed by atoms with Crippen LogP contribution in [0.15, 0.2) is 53.3 Å². The lowest BCUT2D eigenvalue weighted by molar-refractivity contribution is -0.118. The number of pyridine rings is 1. The normalized spacial score (nSPS) is 11.7. The van der Waals surface area contributed by atoms with E-state index in [1.54, 1.807) is 18.5 Å². The van der Waals surface area contributed by atoms with Crippen molar-refractivity contribution in [3.8, 4) is 0 Å². The summed E-state index contributed by atoms with van der Waals surface area (Å²) in [6.45, 7) is 0. The molecule has 0 aliphatic heterocycles. The Kier molecular flexibility index (Phi) is 5.41. The molecule has 0 aliphatic carbocycles. The molecule has 0 spiro atoms. The van der Waals surface area contributed by atoms with Crippen molar-refractivity contribution in [3.63, 3.8) is 0 Å². The minimum absolute atomic E-state index is 0.182. The van der Waals surface area contributed by atoms with Crippen LogP contribution in [-0.2, 0) is 11.2 Å². The Morgan fingerprint density at radius 2 is 2.05 bits per heavy atom. The molecule has 2 aromatic rings. The zero-order valence-electron chi connectivity index (χ0n) is 11.1. The summed E-state index contributed by atoms with van der Waals surface area (Å²) < 4.78 is 0.708. The predicted octanol–water partition coefficient (Wildman–Crippen LogP) is 2.93. The summed E-state index contributed by atoms with van der Waals surface area (Å²) in [5, 5.41) is 2.82. The van der Waals surface area contributed by atoms with Crippen LogP contribution in [0.5, 0.6) is 0 Å². The van der Waals surface area contributed by atoms with Gasteiger partial charge in [-0.1, -0.05) is 42.5 Å². The smallest absolute Gasteiger partial charge is 0.234 e. The van der Waals surface area contributed by atoms with Crippen LogP contribution < -0.4 is 11.1 Å². The molecule has 108 valence electrons. The van der Waals surface area contributed by atoms with Crippen molar-refractivity contribution < 1.29 is 4.79 Å². The first-order valence-corrected chi connectivity index (χ1v) is 7.51. The summed E-state index contributed by atoms with van der Waals surface area (Å²) >= 11 is 8.37. The van der Waals surface area contributed by atoms with Crippen molar-refractivity contribution in [1.82, 2.24) is 4.98 Å². The maximum absolute atomic E-state index is 12.4. The Morgan fingerprint density at radius 1 is 1.33 bits per heavy atom. The van der Waals surface area contributed by atoms with E-state index >= 15 is 0 Å². The van der Waals surface area contributed by atoms with E-state index in [2.05, 4.69) is 26.2 Å². The number of nitrogens with one attached hydrogen (secondary N) is 1. The van der Waals surface area contributed by atoms with Crippen molar-refractivity contribution in [1.29, 1.82) is 0 Å². The number of nitrogens with zero attached hydrogens (tertiary/aromatic N) is 1. The van der Waals surface area contributed by atoms with E-state index in [1.807, 2.05) is 30.3 Å². The van der Waals surface area contributed by atoms with Gasteiger partial charge in [0.2, 0.25) is 5.91 Å². The lowest BCUT2D eigenvalue weighted by atomic mass is 9.98. The van der Waals surface area contributed by atoms with Gasteiger partial charge in [-0.15, -0.1) is 0 Å². The van der Waals surface area contributed by atoms with Crippen molar-refractivity contribution in [2.45, 2.75) is 6.42 Å². The molecule has 1 unspecified atom stereocenters. The number of hydrogen-bond donors (Lipinski definition) is 2. The molecule has 1 atom stereocenters. The number of anilines is 1. The first-order valence-electron chi connectivity index (χ1n) is 6.31. The van der Waals surface area contributed by atoms with Crippen LogP contribution in [0.1, 0.15) is 5.56 Å². The molecule has 1 amide bonds. The summed E-state index contributed by atoms with van der Waals surface area (Å²) in [5.74, 6) is -0.777. The fourth-order valence-corrected chi connectivity index (χ4v) is 2.41. The predicted molar refractivity (Wildman–Crippen MR) is 91.0 cm³/mol. The van der Waals surface area contributed by atoms with Crippen molar-refractivity contribution in [3.05, 3.63) is 58.8 Å². The third kappa shape index (κ3) is 4.34. The standard InChI is InChI=1S/C15H14BrN3OS/c16-12-9-18-7-6-13(12)19-15(20)11(14(17)21)8-10-4-2-1-3-5-10/h1-7,9,11H,8H2,(H2,17,21)(H,18,19,20). The zero-order valence-corrected chi connectivity index (χ0v) is 13.5. The van der Waals surface area contributed by atoms with Gasteiger partial charge >= 0.3 is 0 Å². The number of thiocarbonyl (C=S) groups is 1. The summed E-state index contributed by atoms with van der Waals surface area (Å²) in [6, 6.07) is 11.4. The molecular formula is C15H14BrN3OS. The number of rotatable bonds is 5.